The maximum Gasteiger partial charge on any atom is 0.319 e. The van der Waals surface area contributed by atoms with Crippen LogP contribution in [-0.2, 0) is 6.54 Å². The van der Waals surface area contributed by atoms with Gasteiger partial charge < -0.3 is 19.9 Å². The number of urea groups is 1. The summed E-state index contributed by atoms with van der Waals surface area (Å²) in [5, 5.41) is 6.25. The fourth-order valence-corrected chi connectivity index (χ4v) is 3.24. The standard InChI is InChI=1S/C21H22ClN3O2/c1-14-11-16(13-23-21(26)24-18-6-4-5-17(22)12-18)15(2)25(14)19-7-9-20(27-3)10-8-19/h4-12H,13H2,1-3H3,(H2,23,24,26). The van der Waals surface area contributed by atoms with Gasteiger partial charge in [0.1, 0.15) is 5.75 Å². The van der Waals surface area contributed by atoms with E-state index in [9.17, 15) is 4.79 Å². The molecule has 140 valence electrons. The Bertz CT molecular complexity index is 949. The molecule has 0 atom stereocenters. The van der Waals surface area contributed by atoms with Gasteiger partial charge in [-0.15, -0.1) is 0 Å². The molecule has 0 spiro atoms. The molecule has 0 bridgehead atoms. The highest BCUT2D eigenvalue weighted by Gasteiger charge is 2.12. The molecule has 0 saturated heterocycles. The van der Waals surface area contributed by atoms with Gasteiger partial charge in [-0.1, -0.05) is 17.7 Å². The highest BCUT2D eigenvalue weighted by molar-refractivity contribution is 6.30. The molecular weight excluding hydrogens is 362 g/mol. The number of aromatic nitrogens is 1. The molecule has 0 fully saturated rings. The Morgan fingerprint density at radius 1 is 1.11 bits per heavy atom. The largest absolute Gasteiger partial charge is 0.497 e. The lowest BCUT2D eigenvalue weighted by Gasteiger charge is -2.11. The van der Waals surface area contributed by atoms with Crippen molar-refractivity contribution >= 4 is 23.3 Å². The zero-order valence-electron chi connectivity index (χ0n) is 15.5. The fourth-order valence-electron chi connectivity index (χ4n) is 3.05. The molecule has 1 heterocycles. The van der Waals surface area contributed by atoms with Gasteiger partial charge in [0.2, 0.25) is 0 Å². The minimum Gasteiger partial charge on any atom is -0.497 e. The lowest BCUT2D eigenvalue weighted by atomic mass is 10.2. The van der Waals surface area contributed by atoms with E-state index in [4.69, 9.17) is 16.3 Å². The number of methoxy groups -OCH3 is 1. The van der Waals surface area contributed by atoms with Crippen LogP contribution in [0.2, 0.25) is 5.02 Å². The van der Waals surface area contributed by atoms with E-state index in [2.05, 4.69) is 21.3 Å². The van der Waals surface area contributed by atoms with Gasteiger partial charge in [-0.2, -0.15) is 0 Å². The van der Waals surface area contributed by atoms with Crippen LogP contribution in [0, 0.1) is 13.8 Å². The Morgan fingerprint density at radius 2 is 1.85 bits per heavy atom. The molecule has 3 rings (SSSR count). The molecule has 3 aromatic rings. The molecule has 2 amide bonds. The number of hydrogen-bond acceptors (Lipinski definition) is 2. The number of aryl methyl sites for hydroxylation is 1. The second-order valence-electron chi connectivity index (χ2n) is 6.25. The van der Waals surface area contributed by atoms with Crippen LogP contribution in [0.5, 0.6) is 5.75 Å². The molecular formula is C21H22ClN3O2. The number of anilines is 1. The number of nitrogens with one attached hydrogen (secondary N) is 2. The number of carbonyl (C=O) groups is 1. The molecule has 0 aliphatic rings. The predicted molar refractivity (Wildman–Crippen MR) is 109 cm³/mol. The van der Waals surface area contributed by atoms with Gasteiger partial charge in [0, 0.05) is 34.3 Å². The highest BCUT2D eigenvalue weighted by Crippen LogP contribution is 2.23. The van der Waals surface area contributed by atoms with Crippen molar-refractivity contribution in [1.29, 1.82) is 0 Å². The second kappa shape index (κ2) is 8.18. The number of hydrogen-bond donors (Lipinski definition) is 2. The number of rotatable bonds is 5. The number of carbonyl (C=O) groups excluding carboxylic acids is 1. The van der Waals surface area contributed by atoms with Crippen LogP contribution in [0.4, 0.5) is 10.5 Å². The molecule has 6 heteroatoms. The van der Waals surface area contributed by atoms with E-state index in [0.717, 1.165) is 28.4 Å². The topological polar surface area (TPSA) is 55.3 Å². The lowest BCUT2D eigenvalue weighted by Crippen LogP contribution is -2.28. The Morgan fingerprint density at radius 3 is 2.52 bits per heavy atom. The van der Waals surface area contributed by atoms with E-state index >= 15 is 0 Å². The third-order valence-corrected chi connectivity index (χ3v) is 4.62. The van der Waals surface area contributed by atoms with Crippen LogP contribution in [0.3, 0.4) is 0 Å². The van der Waals surface area contributed by atoms with Crippen LogP contribution in [0.15, 0.2) is 54.6 Å². The van der Waals surface area contributed by atoms with Gasteiger partial charge in [0.25, 0.3) is 0 Å². The van der Waals surface area contributed by atoms with Crippen molar-refractivity contribution < 1.29 is 9.53 Å². The molecule has 0 aliphatic carbocycles. The molecule has 0 saturated carbocycles. The number of nitrogens with zero attached hydrogens (tertiary/aromatic N) is 1. The Labute approximate surface area is 163 Å². The summed E-state index contributed by atoms with van der Waals surface area (Å²) in [7, 11) is 1.65. The second-order valence-corrected chi connectivity index (χ2v) is 6.68. The van der Waals surface area contributed by atoms with Gasteiger partial charge in [0.05, 0.1) is 7.11 Å². The van der Waals surface area contributed by atoms with Crippen molar-refractivity contribution in [3.05, 3.63) is 76.6 Å². The Hall–Kier alpha value is -2.92. The van der Waals surface area contributed by atoms with Gasteiger partial charge in [0.15, 0.2) is 0 Å². The maximum atomic E-state index is 12.2. The Kier molecular flexibility index (Phi) is 5.72. The number of halogens is 1. The average molecular weight is 384 g/mol. The smallest absolute Gasteiger partial charge is 0.319 e. The summed E-state index contributed by atoms with van der Waals surface area (Å²) in [5.74, 6) is 0.820. The number of benzene rings is 2. The summed E-state index contributed by atoms with van der Waals surface area (Å²) >= 11 is 5.94. The molecule has 0 radical (unpaired) electrons. The molecule has 2 N–H and O–H groups in total. The summed E-state index contributed by atoms with van der Waals surface area (Å²) in [5.41, 5.74) is 4.96. The first-order chi connectivity index (χ1) is 13.0. The van der Waals surface area contributed by atoms with Gasteiger partial charge in [-0.25, -0.2) is 4.79 Å². The summed E-state index contributed by atoms with van der Waals surface area (Å²) in [6.45, 7) is 4.53. The summed E-state index contributed by atoms with van der Waals surface area (Å²) in [4.78, 5) is 12.2. The maximum absolute atomic E-state index is 12.2. The summed E-state index contributed by atoms with van der Waals surface area (Å²) in [6.07, 6.45) is 0. The van der Waals surface area contributed by atoms with Crippen LogP contribution in [0.1, 0.15) is 17.0 Å². The van der Waals surface area contributed by atoms with Crippen molar-refractivity contribution in [3.63, 3.8) is 0 Å². The summed E-state index contributed by atoms with van der Waals surface area (Å²) < 4.78 is 7.38. The van der Waals surface area contributed by atoms with E-state index in [-0.39, 0.29) is 6.03 Å². The van der Waals surface area contributed by atoms with E-state index in [1.165, 1.54) is 0 Å². The van der Waals surface area contributed by atoms with Crippen molar-refractivity contribution in [3.8, 4) is 11.4 Å². The quantitative estimate of drug-likeness (QED) is 0.645. The average Bonchev–Trinajstić information content (AvgIpc) is 2.94. The first kappa shape index (κ1) is 18.9. The predicted octanol–water partition coefficient (Wildman–Crippen LogP) is 5.08. The first-order valence-corrected chi connectivity index (χ1v) is 8.98. The van der Waals surface area contributed by atoms with E-state index in [1.54, 1.807) is 31.4 Å². The zero-order chi connectivity index (χ0) is 19.4. The van der Waals surface area contributed by atoms with Gasteiger partial charge in [-0.3, -0.25) is 0 Å². The van der Waals surface area contributed by atoms with Crippen LogP contribution in [0.25, 0.3) is 5.69 Å². The molecule has 5 nitrogen and oxygen atoms in total. The lowest BCUT2D eigenvalue weighted by molar-refractivity contribution is 0.251. The summed E-state index contributed by atoms with van der Waals surface area (Å²) in [6, 6.07) is 16.8. The number of amides is 2. The zero-order valence-corrected chi connectivity index (χ0v) is 16.3. The highest BCUT2D eigenvalue weighted by atomic mass is 35.5. The SMILES string of the molecule is COc1ccc(-n2c(C)cc(CNC(=O)Nc3cccc(Cl)c3)c2C)cc1. The first-order valence-electron chi connectivity index (χ1n) is 8.60. The molecule has 27 heavy (non-hydrogen) atoms. The van der Waals surface area contributed by atoms with Gasteiger partial charge in [-0.05, 0) is 67.9 Å². The monoisotopic (exact) mass is 383 g/mol. The van der Waals surface area contributed by atoms with Crippen molar-refractivity contribution in [2.45, 2.75) is 20.4 Å². The fraction of sp³-hybridized carbons (Fsp3) is 0.190. The van der Waals surface area contributed by atoms with E-state index in [0.29, 0.717) is 17.3 Å². The third-order valence-electron chi connectivity index (χ3n) is 4.39. The molecule has 0 unspecified atom stereocenters. The normalized spacial score (nSPS) is 10.5. The van der Waals surface area contributed by atoms with Crippen molar-refractivity contribution in [2.75, 3.05) is 12.4 Å². The minimum absolute atomic E-state index is 0.272. The minimum atomic E-state index is -0.272. The molecule has 1 aromatic heterocycles. The van der Waals surface area contributed by atoms with Crippen molar-refractivity contribution in [2.24, 2.45) is 0 Å². The third kappa shape index (κ3) is 4.44. The van der Waals surface area contributed by atoms with E-state index in [1.807, 2.05) is 38.1 Å². The molecule has 2 aromatic carbocycles. The van der Waals surface area contributed by atoms with Crippen LogP contribution >= 0.6 is 11.6 Å². The van der Waals surface area contributed by atoms with E-state index < -0.39 is 0 Å². The van der Waals surface area contributed by atoms with Crippen LogP contribution in [-0.4, -0.2) is 17.7 Å². The Balaban J connectivity index is 1.69. The molecule has 0 aliphatic heterocycles. The van der Waals surface area contributed by atoms with Crippen LogP contribution < -0.4 is 15.4 Å². The van der Waals surface area contributed by atoms with Crippen molar-refractivity contribution in [1.82, 2.24) is 9.88 Å². The van der Waals surface area contributed by atoms with Gasteiger partial charge >= 0.3 is 6.03 Å². The number of ether oxygens (including phenoxy) is 1.